The fourth-order valence-electron chi connectivity index (χ4n) is 0.181. The molecule has 1 nitrogen and oxygen atoms in total. The van der Waals surface area contributed by atoms with Crippen molar-refractivity contribution in [3.8, 4) is 0 Å². The number of aliphatic imine (C=N–C) groups is 1. The summed E-state index contributed by atoms with van der Waals surface area (Å²) in [5, 5.41) is 0.360. The van der Waals surface area contributed by atoms with Gasteiger partial charge in [-0.25, -0.2) is 0 Å². The predicted octanol–water partition coefficient (Wildman–Crippen LogP) is 3.09. The van der Waals surface area contributed by atoms with E-state index in [4.69, 9.17) is 34.8 Å². The van der Waals surface area contributed by atoms with Gasteiger partial charge in [-0.1, -0.05) is 41.4 Å². The molecule has 0 atom stereocenters. The molecule has 0 aliphatic rings. The monoisotopic (exact) mass is 183 g/mol. The van der Waals surface area contributed by atoms with Gasteiger partial charge >= 0.3 is 0 Å². The quantitative estimate of drug-likeness (QED) is 0.355. The summed E-state index contributed by atoms with van der Waals surface area (Å²) in [6.45, 7) is 6.47. The minimum atomic E-state index is 0.0664. The van der Waals surface area contributed by atoms with Gasteiger partial charge in [0.15, 0.2) is 0 Å². The summed E-state index contributed by atoms with van der Waals surface area (Å²) in [4.78, 5) is 3.33. The zero-order valence-corrected chi connectivity index (χ0v) is 6.76. The van der Waals surface area contributed by atoms with Gasteiger partial charge in [0.1, 0.15) is 5.16 Å². The third-order valence-corrected chi connectivity index (χ3v) is 1.66. The minimum Gasteiger partial charge on any atom is -0.251 e. The van der Waals surface area contributed by atoms with E-state index in [1.165, 1.54) is 0 Å². The van der Waals surface area contributed by atoms with Gasteiger partial charge in [-0.15, -0.1) is 0 Å². The molecule has 0 amide bonds. The molecule has 0 spiro atoms. The fraction of sp³-hybridized carbons (Fsp3) is 0. The number of rotatable bonds is 2. The largest absolute Gasteiger partial charge is 0.251 e. The maximum Gasteiger partial charge on any atom is 0.148 e. The van der Waals surface area contributed by atoms with Crippen LogP contribution in [0.1, 0.15) is 0 Å². The summed E-state index contributed by atoms with van der Waals surface area (Å²) >= 11 is 16.2. The highest BCUT2D eigenvalue weighted by molar-refractivity contribution is 6.47. The van der Waals surface area contributed by atoms with Gasteiger partial charge in [0.05, 0.1) is 10.1 Å². The molecule has 4 heteroatoms. The van der Waals surface area contributed by atoms with E-state index in [1.807, 2.05) is 0 Å². The molecule has 0 unspecified atom stereocenters. The number of hydrogen-bond donors (Lipinski definition) is 0. The van der Waals surface area contributed by atoms with E-state index in [0.717, 1.165) is 0 Å². The highest BCUT2D eigenvalue weighted by Crippen LogP contribution is 2.23. The van der Waals surface area contributed by atoms with Gasteiger partial charge in [0, 0.05) is 0 Å². The van der Waals surface area contributed by atoms with Crippen LogP contribution in [0.25, 0.3) is 0 Å². The lowest BCUT2D eigenvalue weighted by Crippen LogP contribution is -1.72. The van der Waals surface area contributed by atoms with Crippen LogP contribution >= 0.6 is 34.8 Å². The molecule has 0 saturated carbocycles. The van der Waals surface area contributed by atoms with Gasteiger partial charge in [0.25, 0.3) is 0 Å². The van der Waals surface area contributed by atoms with Gasteiger partial charge in [-0.05, 0) is 6.72 Å². The normalized spacial score (nSPS) is 12.3. The smallest absolute Gasteiger partial charge is 0.148 e. The Balaban J connectivity index is 4.47. The maximum absolute atomic E-state index is 5.45. The average Bonchev–Trinajstić information content (AvgIpc) is 1.84. The van der Waals surface area contributed by atoms with Crippen molar-refractivity contribution in [1.29, 1.82) is 0 Å². The predicted molar refractivity (Wildman–Crippen MR) is 43.3 cm³/mol. The SMILES string of the molecule is C=NC(Cl)=C(Cl)C(=C)Cl. The van der Waals surface area contributed by atoms with Crippen molar-refractivity contribution in [1.82, 2.24) is 0 Å². The van der Waals surface area contributed by atoms with Crippen LogP contribution in [0, 0.1) is 0 Å². The van der Waals surface area contributed by atoms with E-state index in [0.29, 0.717) is 0 Å². The van der Waals surface area contributed by atoms with Crippen molar-refractivity contribution in [2.24, 2.45) is 4.99 Å². The molecule has 0 fully saturated rings. The third-order valence-electron chi connectivity index (χ3n) is 0.558. The molecule has 0 bridgehead atoms. The van der Waals surface area contributed by atoms with E-state index in [1.54, 1.807) is 0 Å². The lowest BCUT2D eigenvalue weighted by atomic mass is 10.6. The van der Waals surface area contributed by atoms with Crippen molar-refractivity contribution < 1.29 is 0 Å². The molecule has 0 radical (unpaired) electrons. The highest BCUT2D eigenvalue weighted by atomic mass is 35.5. The van der Waals surface area contributed by atoms with Crippen LogP contribution in [0.5, 0.6) is 0 Å². The van der Waals surface area contributed by atoms with E-state index in [-0.39, 0.29) is 15.2 Å². The minimum absolute atomic E-state index is 0.0664. The molecule has 0 aliphatic carbocycles. The second kappa shape index (κ2) is 3.94. The molecule has 0 N–H and O–H groups in total. The van der Waals surface area contributed by atoms with Crippen molar-refractivity contribution >= 4 is 41.5 Å². The standard InChI is InChI=1S/C5H4Cl3N/c1-3(6)4(7)5(8)9-2/h1-2H2. The van der Waals surface area contributed by atoms with Crippen molar-refractivity contribution in [3.05, 3.63) is 21.8 Å². The summed E-state index contributed by atoms with van der Waals surface area (Å²) < 4.78 is 0. The molecular weight excluding hydrogens is 180 g/mol. The van der Waals surface area contributed by atoms with Crippen LogP contribution in [0.4, 0.5) is 0 Å². The second-order valence-corrected chi connectivity index (χ2v) is 2.36. The average molecular weight is 184 g/mol. The number of allylic oxidation sites excluding steroid dienone is 2. The van der Waals surface area contributed by atoms with Crippen LogP contribution in [-0.2, 0) is 0 Å². The van der Waals surface area contributed by atoms with Crippen molar-refractivity contribution in [3.63, 3.8) is 0 Å². The Morgan fingerprint density at radius 2 is 1.67 bits per heavy atom. The number of hydrogen-bond acceptors (Lipinski definition) is 1. The van der Waals surface area contributed by atoms with Gasteiger partial charge in [-0.3, -0.25) is 4.99 Å². The maximum atomic E-state index is 5.45. The molecule has 0 rings (SSSR count). The first kappa shape index (κ1) is 9.02. The first-order chi connectivity index (χ1) is 4.09. The summed E-state index contributed by atoms with van der Waals surface area (Å²) in [5.74, 6) is 0. The molecule has 0 aliphatic heterocycles. The third kappa shape index (κ3) is 2.89. The van der Waals surface area contributed by atoms with Crippen LogP contribution in [0.2, 0.25) is 0 Å². The van der Waals surface area contributed by atoms with Gasteiger partial charge < -0.3 is 0 Å². The van der Waals surface area contributed by atoms with Crippen LogP contribution in [-0.4, -0.2) is 6.72 Å². The Morgan fingerprint density at radius 1 is 1.22 bits per heavy atom. The number of halogens is 3. The molecule has 0 saturated heterocycles. The van der Waals surface area contributed by atoms with E-state index < -0.39 is 0 Å². The summed E-state index contributed by atoms with van der Waals surface area (Å²) in [6.07, 6.45) is 0. The van der Waals surface area contributed by atoms with E-state index in [2.05, 4.69) is 18.3 Å². The first-order valence-electron chi connectivity index (χ1n) is 1.96. The lowest BCUT2D eigenvalue weighted by molar-refractivity contribution is 1.52. The summed E-state index contributed by atoms with van der Waals surface area (Å²) in [5.41, 5.74) is 0. The number of nitrogens with zero attached hydrogens (tertiary/aromatic N) is 1. The topological polar surface area (TPSA) is 12.4 Å². The molecule has 0 aromatic rings. The van der Waals surface area contributed by atoms with Gasteiger partial charge in [-0.2, -0.15) is 0 Å². The molecule has 0 aromatic heterocycles. The van der Waals surface area contributed by atoms with Crippen LogP contribution < -0.4 is 0 Å². The Bertz CT molecular complexity index is 171. The Hall–Kier alpha value is 0.0200. The summed E-state index contributed by atoms with van der Waals surface area (Å²) in [7, 11) is 0. The zero-order chi connectivity index (χ0) is 7.44. The second-order valence-electron chi connectivity index (χ2n) is 1.17. The molecule has 0 heterocycles. The Kier molecular flexibility index (Phi) is 3.95. The Morgan fingerprint density at radius 3 is 1.78 bits per heavy atom. The van der Waals surface area contributed by atoms with Gasteiger partial charge in [0.2, 0.25) is 0 Å². The fourth-order valence-corrected chi connectivity index (χ4v) is 0.493. The van der Waals surface area contributed by atoms with E-state index >= 15 is 0 Å². The van der Waals surface area contributed by atoms with Crippen LogP contribution in [0.3, 0.4) is 0 Å². The zero-order valence-electron chi connectivity index (χ0n) is 4.50. The van der Waals surface area contributed by atoms with E-state index in [9.17, 15) is 0 Å². The summed E-state index contributed by atoms with van der Waals surface area (Å²) in [6, 6.07) is 0. The molecule has 9 heavy (non-hydrogen) atoms. The highest BCUT2D eigenvalue weighted by Gasteiger charge is 1.99. The first-order valence-corrected chi connectivity index (χ1v) is 3.09. The molecule has 0 aromatic carbocycles. The van der Waals surface area contributed by atoms with Crippen molar-refractivity contribution in [2.75, 3.05) is 0 Å². The van der Waals surface area contributed by atoms with Crippen LogP contribution in [0.15, 0.2) is 26.8 Å². The molecular formula is C5H4Cl3N. The molecule has 50 valence electrons. The van der Waals surface area contributed by atoms with Crippen molar-refractivity contribution in [2.45, 2.75) is 0 Å². The Labute approximate surface area is 68.6 Å². The lowest BCUT2D eigenvalue weighted by Gasteiger charge is -1.92.